The van der Waals surface area contributed by atoms with Gasteiger partial charge in [-0.05, 0) is 26.8 Å². The van der Waals surface area contributed by atoms with Crippen LogP contribution >= 0.6 is 0 Å². The van der Waals surface area contributed by atoms with Crippen molar-refractivity contribution in [3.05, 3.63) is 17.9 Å². The first-order valence-electron chi connectivity index (χ1n) is 4.38. The maximum absolute atomic E-state index is 9.15. The highest BCUT2D eigenvalue weighted by Gasteiger charge is 2.24. The van der Waals surface area contributed by atoms with Crippen molar-refractivity contribution in [2.75, 3.05) is 18.6 Å². The molecule has 0 spiro atoms. The Bertz CT molecular complexity index is 278. The molecule has 0 aliphatic rings. The molecular weight excluding hydrogens is 166 g/mol. The first-order chi connectivity index (χ1) is 5.97. The van der Waals surface area contributed by atoms with Crippen molar-refractivity contribution < 1.29 is 9.52 Å². The lowest BCUT2D eigenvalue weighted by atomic mass is 10.1. The van der Waals surface area contributed by atoms with Crippen molar-refractivity contribution in [3.8, 4) is 0 Å². The fraction of sp³-hybridized carbons (Fsp3) is 0.600. The van der Waals surface area contributed by atoms with Gasteiger partial charge in [0.2, 0.25) is 0 Å². The summed E-state index contributed by atoms with van der Waals surface area (Å²) in [6.45, 7) is 5.93. The summed E-state index contributed by atoms with van der Waals surface area (Å²) in [5.41, 5.74) is -0.287. The highest BCUT2D eigenvalue weighted by molar-refractivity contribution is 5.38. The zero-order valence-corrected chi connectivity index (χ0v) is 8.66. The molecule has 0 unspecified atom stereocenters. The zero-order valence-electron chi connectivity index (χ0n) is 8.66. The van der Waals surface area contributed by atoms with Gasteiger partial charge >= 0.3 is 0 Å². The van der Waals surface area contributed by atoms with E-state index in [-0.39, 0.29) is 12.1 Å². The Morgan fingerprint density at radius 3 is 2.46 bits per heavy atom. The maximum atomic E-state index is 9.15. The topological polar surface area (TPSA) is 36.6 Å². The van der Waals surface area contributed by atoms with Gasteiger partial charge < -0.3 is 14.4 Å². The third-order valence-electron chi connectivity index (χ3n) is 2.35. The van der Waals surface area contributed by atoms with E-state index in [4.69, 9.17) is 9.52 Å². The van der Waals surface area contributed by atoms with E-state index in [1.165, 1.54) is 0 Å². The number of furan rings is 1. The van der Waals surface area contributed by atoms with Gasteiger partial charge in [0.1, 0.15) is 5.76 Å². The second-order valence-electron chi connectivity index (χ2n) is 3.91. The van der Waals surface area contributed by atoms with E-state index in [1.54, 1.807) is 0 Å². The van der Waals surface area contributed by atoms with Crippen LogP contribution in [0.3, 0.4) is 0 Å². The van der Waals surface area contributed by atoms with Gasteiger partial charge in [-0.15, -0.1) is 0 Å². The minimum absolute atomic E-state index is 0.100. The summed E-state index contributed by atoms with van der Waals surface area (Å²) in [6.07, 6.45) is 0. The van der Waals surface area contributed by atoms with Crippen molar-refractivity contribution in [1.29, 1.82) is 0 Å². The van der Waals surface area contributed by atoms with Crippen LogP contribution in [0.4, 0.5) is 5.88 Å². The number of aryl methyl sites for hydroxylation is 1. The molecule has 74 valence electrons. The Kier molecular flexibility index (Phi) is 2.66. The Hall–Kier alpha value is -0.960. The van der Waals surface area contributed by atoms with Gasteiger partial charge in [0.25, 0.3) is 0 Å². The number of rotatable bonds is 3. The van der Waals surface area contributed by atoms with Crippen molar-refractivity contribution in [2.45, 2.75) is 26.3 Å². The average Bonchev–Trinajstić information content (AvgIpc) is 2.50. The second-order valence-corrected chi connectivity index (χ2v) is 3.91. The van der Waals surface area contributed by atoms with Gasteiger partial charge in [-0.2, -0.15) is 0 Å². The van der Waals surface area contributed by atoms with Crippen molar-refractivity contribution in [1.82, 2.24) is 0 Å². The molecule has 3 nitrogen and oxygen atoms in total. The Morgan fingerprint density at radius 2 is 2.08 bits per heavy atom. The summed E-state index contributed by atoms with van der Waals surface area (Å²) in [5.74, 6) is 1.67. The van der Waals surface area contributed by atoms with E-state index in [1.807, 2.05) is 44.9 Å². The number of anilines is 1. The van der Waals surface area contributed by atoms with Crippen LogP contribution in [0.1, 0.15) is 19.6 Å². The van der Waals surface area contributed by atoms with Crippen LogP contribution in [0.2, 0.25) is 0 Å². The Morgan fingerprint density at radius 1 is 1.46 bits per heavy atom. The number of hydrogen-bond acceptors (Lipinski definition) is 3. The molecule has 0 saturated heterocycles. The van der Waals surface area contributed by atoms with Gasteiger partial charge in [-0.25, -0.2) is 0 Å². The predicted molar refractivity (Wildman–Crippen MR) is 53.0 cm³/mol. The molecule has 0 aliphatic heterocycles. The molecule has 0 fully saturated rings. The first kappa shape index (κ1) is 10.1. The molecule has 0 aliphatic carbocycles. The molecule has 0 atom stereocenters. The van der Waals surface area contributed by atoms with Crippen LogP contribution in [0, 0.1) is 6.92 Å². The first-order valence-corrected chi connectivity index (χ1v) is 4.38. The van der Waals surface area contributed by atoms with E-state index < -0.39 is 0 Å². The summed E-state index contributed by atoms with van der Waals surface area (Å²) in [4.78, 5) is 1.93. The minimum atomic E-state index is -0.287. The van der Waals surface area contributed by atoms with Gasteiger partial charge in [-0.3, -0.25) is 0 Å². The van der Waals surface area contributed by atoms with E-state index in [0.717, 1.165) is 11.6 Å². The van der Waals surface area contributed by atoms with Crippen molar-refractivity contribution >= 4 is 5.88 Å². The molecule has 1 N–H and O–H groups in total. The minimum Gasteiger partial charge on any atom is -0.446 e. The Labute approximate surface area is 79.0 Å². The van der Waals surface area contributed by atoms with Gasteiger partial charge in [0.05, 0.1) is 12.1 Å². The monoisotopic (exact) mass is 183 g/mol. The molecule has 13 heavy (non-hydrogen) atoms. The third-order valence-corrected chi connectivity index (χ3v) is 2.35. The molecule has 3 heteroatoms. The highest BCUT2D eigenvalue weighted by atomic mass is 16.4. The quantitative estimate of drug-likeness (QED) is 0.776. The SMILES string of the molecule is Cc1ccc(N(C)C(C)(C)CO)o1. The average molecular weight is 183 g/mol. The summed E-state index contributed by atoms with van der Waals surface area (Å²) >= 11 is 0. The molecule has 0 bridgehead atoms. The van der Waals surface area contributed by atoms with Crippen LogP contribution in [-0.4, -0.2) is 24.3 Å². The van der Waals surface area contributed by atoms with E-state index >= 15 is 0 Å². The smallest absolute Gasteiger partial charge is 0.195 e. The lowest BCUT2D eigenvalue weighted by Crippen LogP contribution is -2.44. The van der Waals surface area contributed by atoms with E-state index in [0.29, 0.717) is 0 Å². The van der Waals surface area contributed by atoms with Crippen molar-refractivity contribution in [3.63, 3.8) is 0 Å². The highest BCUT2D eigenvalue weighted by Crippen LogP contribution is 2.23. The molecule has 1 aromatic rings. The molecule has 1 aromatic heterocycles. The molecular formula is C10H17NO2. The number of aliphatic hydroxyl groups excluding tert-OH is 1. The van der Waals surface area contributed by atoms with Crippen LogP contribution in [-0.2, 0) is 0 Å². The summed E-state index contributed by atoms with van der Waals surface area (Å²) < 4.78 is 5.45. The predicted octanol–water partition coefficient (Wildman–Crippen LogP) is 1.80. The van der Waals surface area contributed by atoms with E-state index in [2.05, 4.69) is 0 Å². The standard InChI is InChI=1S/C10H17NO2/c1-8-5-6-9(13-8)11(4)10(2,3)7-12/h5-6,12H,7H2,1-4H3. The number of likely N-dealkylation sites (N-methyl/N-ethyl adjacent to an activating group) is 1. The molecule has 0 amide bonds. The van der Waals surface area contributed by atoms with Crippen LogP contribution in [0.25, 0.3) is 0 Å². The maximum Gasteiger partial charge on any atom is 0.195 e. The number of aliphatic hydroxyl groups is 1. The number of hydrogen-bond donors (Lipinski definition) is 1. The lowest BCUT2D eigenvalue weighted by molar-refractivity contribution is 0.212. The molecule has 1 rings (SSSR count). The molecule has 0 aromatic carbocycles. The second kappa shape index (κ2) is 3.42. The Balaban J connectivity index is 2.84. The van der Waals surface area contributed by atoms with Crippen LogP contribution in [0.5, 0.6) is 0 Å². The lowest BCUT2D eigenvalue weighted by Gasteiger charge is -2.33. The molecule has 1 heterocycles. The summed E-state index contributed by atoms with van der Waals surface area (Å²) in [7, 11) is 1.91. The van der Waals surface area contributed by atoms with Gasteiger partial charge in [-0.1, -0.05) is 0 Å². The summed E-state index contributed by atoms with van der Waals surface area (Å²) in [6, 6.07) is 3.83. The van der Waals surface area contributed by atoms with Crippen LogP contribution in [0.15, 0.2) is 16.5 Å². The number of nitrogens with zero attached hydrogens (tertiary/aromatic N) is 1. The zero-order chi connectivity index (χ0) is 10.1. The largest absolute Gasteiger partial charge is 0.446 e. The summed E-state index contributed by atoms with van der Waals surface area (Å²) in [5, 5.41) is 9.15. The molecule has 0 saturated carbocycles. The van der Waals surface area contributed by atoms with E-state index in [9.17, 15) is 0 Å². The third kappa shape index (κ3) is 2.04. The molecule has 0 radical (unpaired) electrons. The van der Waals surface area contributed by atoms with Gasteiger partial charge in [0.15, 0.2) is 5.88 Å². The van der Waals surface area contributed by atoms with Crippen LogP contribution < -0.4 is 4.90 Å². The normalized spacial score (nSPS) is 11.8. The fourth-order valence-electron chi connectivity index (χ4n) is 1.01. The van der Waals surface area contributed by atoms with Gasteiger partial charge in [0, 0.05) is 13.1 Å². The fourth-order valence-corrected chi connectivity index (χ4v) is 1.01. The van der Waals surface area contributed by atoms with Crippen molar-refractivity contribution in [2.24, 2.45) is 0 Å².